The van der Waals surface area contributed by atoms with E-state index in [1.54, 1.807) is 13.0 Å². The first-order chi connectivity index (χ1) is 5.25. The second kappa shape index (κ2) is 2.97. The first-order valence-corrected chi connectivity index (χ1v) is 3.16. The molecule has 0 aliphatic rings. The van der Waals surface area contributed by atoms with Crippen LogP contribution in [0.25, 0.3) is 0 Å². The molecule has 0 aliphatic heterocycles. The minimum absolute atomic E-state index is 0.0830. The summed E-state index contributed by atoms with van der Waals surface area (Å²) >= 11 is 0. The molecule has 0 amide bonds. The summed E-state index contributed by atoms with van der Waals surface area (Å²) in [4.78, 5) is 11.0. The molecule has 0 aliphatic carbocycles. The third-order valence-corrected chi connectivity index (χ3v) is 1.37. The summed E-state index contributed by atoms with van der Waals surface area (Å²) in [6.07, 6.45) is 1.36. The average molecular weight is 149 g/mol. The number of aromatic amines is 1. The second-order valence-electron chi connectivity index (χ2n) is 2.17. The molecule has 0 spiro atoms. The Morgan fingerprint density at radius 1 is 1.91 bits per heavy atom. The summed E-state index contributed by atoms with van der Waals surface area (Å²) in [7, 11) is 0. The van der Waals surface area contributed by atoms with Crippen LogP contribution in [0, 0.1) is 18.3 Å². The van der Waals surface area contributed by atoms with Gasteiger partial charge in [0.2, 0.25) is 0 Å². The Morgan fingerprint density at radius 3 is 3.09 bits per heavy atom. The van der Waals surface area contributed by atoms with Crippen molar-refractivity contribution < 1.29 is 4.79 Å². The van der Waals surface area contributed by atoms with E-state index in [0.29, 0.717) is 11.3 Å². The molecule has 0 saturated heterocycles. The van der Waals surface area contributed by atoms with Crippen molar-refractivity contribution in [3.8, 4) is 6.07 Å². The smallest absolute Gasteiger partial charge is 0.180 e. The number of H-pyrrole nitrogens is 1. The van der Waals surface area contributed by atoms with Gasteiger partial charge >= 0.3 is 0 Å². The standard InChI is InChI=1S/C7H7N3O/c1-5-6(4-9-10-5)7(11)2-3-8/h4H,2H2,1H3,(H,9,10). The van der Waals surface area contributed by atoms with Gasteiger partial charge in [-0.2, -0.15) is 10.4 Å². The number of carbonyl (C=O) groups is 1. The molecule has 0 bridgehead atoms. The van der Waals surface area contributed by atoms with E-state index in [4.69, 9.17) is 5.26 Å². The predicted molar refractivity (Wildman–Crippen MR) is 37.9 cm³/mol. The number of carbonyl (C=O) groups excluding carboxylic acids is 1. The van der Waals surface area contributed by atoms with Gasteiger partial charge in [0.25, 0.3) is 0 Å². The van der Waals surface area contributed by atoms with Crippen LogP contribution in [-0.4, -0.2) is 16.0 Å². The minimum Gasteiger partial charge on any atom is -0.293 e. The third-order valence-electron chi connectivity index (χ3n) is 1.37. The highest BCUT2D eigenvalue weighted by Gasteiger charge is 2.08. The van der Waals surface area contributed by atoms with Gasteiger partial charge in [0.05, 0.1) is 24.3 Å². The molecule has 0 atom stereocenters. The van der Waals surface area contributed by atoms with E-state index in [-0.39, 0.29) is 12.2 Å². The summed E-state index contributed by atoms with van der Waals surface area (Å²) in [6, 6.07) is 1.79. The molecule has 0 fully saturated rings. The van der Waals surface area contributed by atoms with E-state index in [9.17, 15) is 4.79 Å². The van der Waals surface area contributed by atoms with Crippen LogP contribution in [0.3, 0.4) is 0 Å². The Morgan fingerprint density at radius 2 is 2.64 bits per heavy atom. The number of hydrogen-bond acceptors (Lipinski definition) is 3. The fourth-order valence-electron chi connectivity index (χ4n) is 0.799. The third kappa shape index (κ3) is 1.44. The molecule has 4 nitrogen and oxygen atoms in total. The Hall–Kier alpha value is -1.63. The number of aryl methyl sites for hydroxylation is 1. The molecule has 0 aromatic carbocycles. The van der Waals surface area contributed by atoms with Crippen molar-refractivity contribution in [2.45, 2.75) is 13.3 Å². The van der Waals surface area contributed by atoms with Gasteiger partial charge in [-0.1, -0.05) is 0 Å². The molecule has 0 radical (unpaired) electrons. The van der Waals surface area contributed by atoms with E-state index >= 15 is 0 Å². The fourth-order valence-corrected chi connectivity index (χ4v) is 0.799. The fraction of sp³-hybridized carbons (Fsp3) is 0.286. The molecular formula is C7H7N3O. The molecular weight excluding hydrogens is 142 g/mol. The van der Waals surface area contributed by atoms with Crippen LogP contribution >= 0.6 is 0 Å². The summed E-state index contributed by atoms with van der Waals surface area (Å²) in [5, 5.41) is 14.5. The highest BCUT2D eigenvalue weighted by molar-refractivity contribution is 5.97. The normalized spacial score (nSPS) is 9.09. The molecule has 4 heteroatoms. The van der Waals surface area contributed by atoms with Crippen molar-refractivity contribution in [1.82, 2.24) is 10.2 Å². The molecule has 56 valence electrons. The molecule has 1 aromatic rings. The van der Waals surface area contributed by atoms with Crippen molar-refractivity contribution in [2.75, 3.05) is 0 Å². The number of nitrogens with zero attached hydrogens (tertiary/aromatic N) is 2. The number of hydrogen-bond donors (Lipinski definition) is 1. The van der Waals surface area contributed by atoms with Crippen molar-refractivity contribution in [3.63, 3.8) is 0 Å². The lowest BCUT2D eigenvalue weighted by Crippen LogP contribution is -1.97. The SMILES string of the molecule is Cc1[nH]ncc1C(=O)CC#N. The van der Waals surface area contributed by atoms with Gasteiger partial charge in [-0.3, -0.25) is 9.89 Å². The molecule has 0 unspecified atom stereocenters. The van der Waals surface area contributed by atoms with Crippen molar-refractivity contribution >= 4 is 5.78 Å². The maximum Gasteiger partial charge on any atom is 0.180 e. The van der Waals surface area contributed by atoms with Crippen LogP contribution < -0.4 is 0 Å². The van der Waals surface area contributed by atoms with E-state index in [0.717, 1.165) is 0 Å². The second-order valence-corrected chi connectivity index (χ2v) is 2.17. The van der Waals surface area contributed by atoms with Crippen molar-refractivity contribution in [1.29, 1.82) is 5.26 Å². The summed E-state index contributed by atoms with van der Waals surface area (Å²) in [6.45, 7) is 1.75. The lowest BCUT2D eigenvalue weighted by Gasteiger charge is -1.89. The zero-order valence-electron chi connectivity index (χ0n) is 6.09. The van der Waals surface area contributed by atoms with E-state index in [2.05, 4.69) is 10.2 Å². The minimum atomic E-state index is -0.182. The van der Waals surface area contributed by atoms with Gasteiger partial charge in [0.1, 0.15) is 0 Å². The van der Waals surface area contributed by atoms with Crippen LogP contribution in [0.1, 0.15) is 22.5 Å². The van der Waals surface area contributed by atoms with Crippen molar-refractivity contribution in [3.05, 3.63) is 17.5 Å². The maximum absolute atomic E-state index is 11.0. The van der Waals surface area contributed by atoms with Crippen LogP contribution in [-0.2, 0) is 0 Å². The van der Waals surface area contributed by atoms with E-state index < -0.39 is 0 Å². The van der Waals surface area contributed by atoms with Gasteiger partial charge < -0.3 is 0 Å². The van der Waals surface area contributed by atoms with Gasteiger partial charge in [-0.25, -0.2) is 0 Å². The largest absolute Gasteiger partial charge is 0.293 e. The summed E-state index contributed by atoms with van der Waals surface area (Å²) in [5.74, 6) is -0.182. The Labute approximate surface area is 63.8 Å². The first-order valence-electron chi connectivity index (χ1n) is 3.16. The zero-order valence-corrected chi connectivity index (χ0v) is 6.09. The number of nitrogens with one attached hydrogen (secondary N) is 1. The lowest BCUT2D eigenvalue weighted by atomic mass is 10.1. The van der Waals surface area contributed by atoms with Crippen LogP contribution in [0.15, 0.2) is 6.20 Å². The predicted octanol–water partition coefficient (Wildman–Crippen LogP) is 0.815. The Kier molecular flexibility index (Phi) is 2.02. The average Bonchev–Trinajstić information content (AvgIpc) is 2.36. The molecule has 11 heavy (non-hydrogen) atoms. The first kappa shape index (κ1) is 7.48. The summed E-state index contributed by atoms with van der Waals surface area (Å²) < 4.78 is 0. The lowest BCUT2D eigenvalue weighted by molar-refractivity contribution is 0.0997. The zero-order chi connectivity index (χ0) is 8.27. The number of nitriles is 1. The van der Waals surface area contributed by atoms with Gasteiger partial charge in [-0.05, 0) is 6.92 Å². The van der Waals surface area contributed by atoms with Gasteiger partial charge in [0, 0.05) is 5.69 Å². The van der Waals surface area contributed by atoms with Crippen LogP contribution in [0.5, 0.6) is 0 Å². The van der Waals surface area contributed by atoms with E-state index in [1.807, 2.05) is 0 Å². The highest BCUT2D eigenvalue weighted by Crippen LogP contribution is 2.04. The number of aromatic nitrogens is 2. The Balaban J connectivity index is 2.86. The number of Topliss-reactive ketones (excluding diaryl/α,β-unsaturated/α-hetero) is 1. The van der Waals surface area contributed by atoms with Crippen LogP contribution in [0.4, 0.5) is 0 Å². The summed E-state index contributed by atoms with van der Waals surface area (Å²) in [5.41, 5.74) is 1.22. The number of rotatable bonds is 2. The topological polar surface area (TPSA) is 69.5 Å². The monoisotopic (exact) mass is 149 g/mol. The van der Waals surface area contributed by atoms with Crippen molar-refractivity contribution in [2.24, 2.45) is 0 Å². The number of ketones is 1. The quantitative estimate of drug-likeness (QED) is 0.632. The molecule has 1 aromatic heterocycles. The maximum atomic E-state index is 11.0. The van der Waals surface area contributed by atoms with Gasteiger partial charge in [-0.15, -0.1) is 0 Å². The Bertz CT molecular complexity index is 308. The van der Waals surface area contributed by atoms with Crippen LogP contribution in [0.2, 0.25) is 0 Å². The molecule has 1 rings (SSSR count). The highest BCUT2D eigenvalue weighted by atomic mass is 16.1. The molecule has 0 saturated carbocycles. The molecule has 1 N–H and O–H groups in total. The molecule has 1 heterocycles. The van der Waals surface area contributed by atoms with Gasteiger partial charge in [0.15, 0.2) is 5.78 Å². The van der Waals surface area contributed by atoms with E-state index in [1.165, 1.54) is 6.20 Å².